The smallest absolute Gasteiger partial charge is 0.270 e. The average Bonchev–Trinajstić information content (AvgIpc) is 2.55. The van der Waals surface area contributed by atoms with Gasteiger partial charge in [0.15, 0.2) is 0 Å². The zero-order valence-electron chi connectivity index (χ0n) is 13.7. The predicted molar refractivity (Wildman–Crippen MR) is 97.4 cm³/mol. The Balaban J connectivity index is 2.35. The van der Waals surface area contributed by atoms with Gasteiger partial charge in [-0.1, -0.05) is 34.1 Å². The van der Waals surface area contributed by atoms with Crippen molar-refractivity contribution in [1.29, 1.82) is 0 Å². The number of nitro groups is 1. The van der Waals surface area contributed by atoms with E-state index >= 15 is 0 Å². The molecule has 0 saturated heterocycles. The zero-order chi connectivity index (χ0) is 17.9. The van der Waals surface area contributed by atoms with E-state index < -0.39 is 4.92 Å². The molecule has 6 nitrogen and oxygen atoms in total. The zero-order valence-corrected chi connectivity index (χ0v) is 15.3. The number of hydrogen-bond donors (Lipinski definition) is 0. The van der Waals surface area contributed by atoms with Crippen LogP contribution in [0.5, 0.6) is 0 Å². The van der Waals surface area contributed by atoms with Crippen molar-refractivity contribution in [2.45, 2.75) is 6.54 Å². The fourth-order valence-electron chi connectivity index (χ4n) is 2.36. The normalized spacial score (nSPS) is 10.3. The number of nitrogens with zero attached hydrogens (tertiary/aromatic N) is 3. The number of benzene rings is 2. The predicted octanol–water partition coefficient (Wildman–Crippen LogP) is 3.70. The molecule has 0 aliphatic rings. The topological polar surface area (TPSA) is 66.7 Å². The first-order valence-corrected chi connectivity index (χ1v) is 8.05. The van der Waals surface area contributed by atoms with E-state index in [-0.39, 0.29) is 11.6 Å². The van der Waals surface area contributed by atoms with Gasteiger partial charge in [-0.25, -0.2) is 0 Å². The Labute approximate surface area is 149 Å². The van der Waals surface area contributed by atoms with Crippen LogP contribution in [0.15, 0.2) is 46.9 Å². The molecule has 0 bridgehead atoms. The van der Waals surface area contributed by atoms with E-state index in [4.69, 9.17) is 0 Å². The lowest BCUT2D eigenvalue weighted by atomic mass is 10.1. The number of anilines is 1. The lowest BCUT2D eigenvalue weighted by Gasteiger charge is -2.22. The van der Waals surface area contributed by atoms with E-state index in [9.17, 15) is 14.9 Å². The number of non-ortho nitro benzene ring substituents is 1. The summed E-state index contributed by atoms with van der Waals surface area (Å²) in [4.78, 5) is 26.7. The molecule has 0 atom stereocenters. The average molecular weight is 392 g/mol. The Morgan fingerprint density at radius 3 is 2.42 bits per heavy atom. The summed E-state index contributed by atoms with van der Waals surface area (Å²) in [6.07, 6.45) is 0. The van der Waals surface area contributed by atoms with Crippen LogP contribution in [0.2, 0.25) is 0 Å². The standard InChI is InChI=1S/C17H18BrN3O3/c1-19(2)16-9-8-13(21(23)24)10-14(16)17(22)20(3)11-12-6-4-5-7-15(12)18/h4-10H,11H2,1-3H3. The highest BCUT2D eigenvalue weighted by molar-refractivity contribution is 9.10. The third-order valence-electron chi connectivity index (χ3n) is 3.62. The fraction of sp³-hybridized carbons (Fsp3) is 0.235. The van der Waals surface area contributed by atoms with Gasteiger partial charge in [-0.3, -0.25) is 14.9 Å². The van der Waals surface area contributed by atoms with Crippen LogP contribution >= 0.6 is 15.9 Å². The van der Waals surface area contributed by atoms with E-state index in [1.54, 1.807) is 37.0 Å². The molecule has 2 aromatic rings. The molecule has 1 amide bonds. The molecule has 126 valence electrons. The number of amides is 1. The minimum absolute atomic E-state index is 0.0989. The maximum absolute atomic E-state index is 12.8. The molecular weight excluding hydrogens is 374 g/mol. The van der Waals surface area contributed by atoms with Crippen LogP contribution in [0, 0.1) is 10.1 Å². The van der Waals surface area contributed by atoms with Gasteiger partial charge < -0.3 is 9.80 Å². The number of nitro benzene ring substituents is 1. The Morgan fingerprint density at radius 1 is 1.17 bits per heavy atom. The monoisotopic (exact) mass is 391 g/mol. The van der Waals surface area contributed by atoms with Gasteiger partial charge >= 0.3 is 0 Å². The van der Waals surface area contributed by atoms with Gasteiger partial charge in [0.25, 0.3) is 11.6 Å². The highest BCUT2D eigenvalue weighted by Gasteiger charge is 2.21. The van der Waals surface area contributed by atoms with Crippen LogP contribution in [0.1, 0.15) is 15.9 Å². The van der Waals surface area contributed by atoms with Crippen molar-refractivity contribution in [2.24, 2.45) is 0 Å². The quantitative estimate of drug-likeness (QED) is 0.575. The Kier molecular flexibility index (Phi) is 5.56. The molecule has 0 radical (unpaired) electrons. The summed E-state index contributed by atoms with van der Waals surface area (Å²) in [5.74, 6) is -0.266. The van der Waals surface area contributed by atoms with Gasteiger partial charge in [0.2, 0.25) is 0 Å². The van der Waals surface area contributed by atoms with Crippen molar-refractivity contribution in [3.8, 4) is 0 Å². The first-order chi connectivity index (χ1) is 11.3. The number of carbonyl (C=O) groups is 1. The first-order valence-electron chi connectivity index (χ1n) is 7.26. The van der Waals surface area contributed by atoms with E-state index in [1.807, 2.05) is 24.3 Å². The van der Waals surface area contributed by atoms with Gasteiger partial charge in [0, 0.05) is 50.0 Å². The molecule has 0 aromatic heterocycles. The van der Waals surface area contributed by atoms with Gasteiger partial charge in [-0.2, -0.15) is 0 Å². The van der Waals surface area contributed by atoms with E-state index in [1.165, 1.54) is 12.1 Å². The van der Waals surface area contributed by atoms with Crippen molar-refractivity contribution >= 4 is 33.2 Å². The second-order valence-electron chi connectivity index (χ2n) is 5.61. The fourth-order valence-corrected chi connectivity index (χ4v) is 2.77. The lowest BCUT2D eigenvalue weighted by molar-refractivity contribution is -0.384. The van der Waals surface area contributed by atoms with Crippen LogP contribution in [0.4, 0.5) is 11.4 Å². The van der Waals surface area contributed by atoms with Crippen molar-refractivity contribution < 1.29 is 9.72 Å². The Morgan fingerprint density at radius 2 is 1.83 bits per heavy atom. The second kappa shape index (κ2) is 7.44. The molecule has 0 spiro atoms. The molecule has 0 unspecified atom stereocenters. The minimum atomic E-state index is -0.496. The Bertz CT molecular complexity index is 777. The van der Waals surface area contributed by atoms with Crippen LogP contribution < -0.4 is 4.90 Å². The summed E-state index contributed by atoms with van der Waals surface area (Å²) >= 11 is 3.46. The highest BCUT2D eigenvalue weighted by atomic mass is 79.9. The SMILES string of the molecule is CN(Cc1ccccc1Br)C(=O)c1cc([N+](=O)[O-])ccc1N(C)C. The van der Waals surface area contributed by atoms with Crippen molar-refractivity contribution in [3.63, 3.8) is 0 Å². The maximum atomic E-state index is 12.8. The molecule has 0 saturated carbocycles. The molecule has 0 fully saturated rings. The number of rotatable bonds is 5. The van der Waals surface area contributed by atoms with Gasteiger partial charge in [-0.15, -0.1) is 0 Å². The van der Waals surface area contributed by atoms with Gasteiger partial charge in [0.05, 0.1) is 10.5 Å². The molecule has 24 heavy (non-hydrogen) atoms. The summed E-state index contributed by atoms with van der Waals surface area (Å²) in [7, 11) is 5.28. The molecule has 2 aromatic carbocycles. The van der Waals surface area contributed by atoms with Crippen LogP contribution in [0.3, 0.4) is 0 Å². The highest BCUT2D eigenvalue weighted by Crippen LogP contribution is 2.26. The molecule has 7 heteroatoms. The molecular formula is C17H18BrN3O3. The molecule has 0 N–H and O–H groups in total. The van der Waals surface area contributed by atoms with E-state index in [0.717, 1.165) is 10.0 Å². The third-order valence-corrected chi connectivity index (χ3v) is 4.39. The summed E-state index contributed by atoms with van der Waals surface area (Å²) in [6, 6.07) is 12.0. The summed E-state index contributed by atoms with van der Waals surface area (Å²) in [6.45, 7) is 0.399. The molecule has 0 aliphatic heterocycles. The molecule has 0 aliphatic carbocycles. The number of hydrogen-bond acceptors (Lipinski definition) is 4. The molecule has 0 heterocycles. The second-order valence-corrected chi connectivity index (χ2v) is 6.46. The van der Waals surface area contributed by atoms with Crippen molar-refractivity contribution in [1.82, 2.24) is 4.90 Å². The number of halogens is 1. The van der Waals surface area contributed by atoms with E-state index in [2.05, 4.69) is 15.9 Å². The largest absolute Gasteiger partial charge is 0.377 e. The molecule has 2 rings (SSSR count). The summed E-state index contributed by atoms with van der Waals surface area (Å²) in [5.41, 5.74) is 1.82. The van der Waals surface area contributed by atoms with Crippen molar-refractivity contribution in [3.05, 3.63) is 68.2 Å². The van der Waals surface area contributed by atoms with Crippen molar-refractivity contribution in [2.75, 3.05) is 26.0 Å². The number of carbonyl (C=O) groups excluding carboxylic acids is 1. The van der Waals surface area contributed by atoms with Gasteiger partial charge in [-0.05, 0) is 17.7 Å². The van der Waals surface area contributed by atoms with Crippen LogP contribution in [0.25, 0.3) is 0 Å². The summed E-state index contributed by atoms with van der Waals surface area (Å²) < 4.78 is 0.913. The van der Waals surface area contributed by atoms with Crippen LogP contribution in [-0.2, 0) is 6.54 Å². The Hall–Kier alpha value is -2.41. The lowest BCUT2D eigenvalue weighted by Crippen LogP contribution is -2.28. The van der Waals surface area contributed by atoms with Crippen LogP contribution in [-0.4, -0.2) is 36.9 Å². The third kappa shape index (κ3) is 3.91. The van der Waals surface area contributed by atoms with E-state index in [0.29, 0.717) is 17.8 Å². The minimum Gasteiger partial charge on any atom is -0.377 e. The summed E-state index contributed by atoms with van der Waals surface area (Å²) in [5, 5.41) is 11.0. The maximum Gasteiger partial charge on any atom is 0.270 e. The van der Waals surface area contributed by atoms with Gasteiger partial charge in [0.1, 0.15) is 0 Å². The first kappa shape index (κ1) is 17.9.